The number of carbonyl (C=O) groups excluding carboxylic acids is 1. The molecule has 0 saturated heterocycles. The largest absolute Gasteiger partial charge is 0.480 e. The first-order valence-corrected chi connectivity index (χ1v) is 10.4. The van der Waals surface area contributed by atoms with E-state index >= 15 is 0 Å². The van der Waals surface area contributed by atoms with Crippen LogP contribution in [0.4, 0.5) is 0 Å². The number of rotatable bonds is 10. The van der Waals surface area contributed by atoms with Crippen molar-refractivity contribution in [1.29, 1.82) is 0 Å². The van der Waals surface area contributed by atoms with Crippen molar-refractivity contribution in [3.05, 3.63) is 18.2 Å². The van der Waals surface area contributed by atoms with E-state index in [1.165, 1.54) is 32.1 Å². The molecule has 2 aliphatic carbocycles. The first kappa shape index (κ1) is 20.1. The smallest absolute Gasteiger partial charge is 0.320 e. The fourth-order valence-corrected chi connectivity index (χ4v) is 4.40. The van der Waals surface area contributed by atoms with Gasteiger partial charge in [-0.05, 0) is 24.7 Å². The van der Waals surface area contributed by atoms with E-state index in [9.17, 15) is 14.7 Å². The summed E-state index contributed by atoms with van der Waals surface area (Å²) in [5.74, 6) is 0.280. The second kappa shape index (κ2) is 8.55. The lowest BCUT2D eigenvalue weighted by Crippen LogP contribution is -2.48. The minimum atomic E-state index is -0.881. The van der Waals surface area contributed by atoms with Crippen LogP contribution >= 0.6 is 0 Å². The normalized spacial score (nSPS) is 24.3. The highest BCUT2D eigenvalue weighted by molar-refractivity contribution is 6.05. The molecule has 0 bridgehead atoms. The van der Waals surface area contributed by atoms with E-state index in [1.54, 1.807) is 0 Å². The molecule has 0 amide bonds. The van der Waals surface area contributed by atoms with Crippen LogP contribution in [-0.4, -0.2) is 38.0 Å². The van der Waals surface area contributed by atoms with Gasteiger partial charge in [-0.15, -0.1) is 0 Å². The summed E-state index contributed by atoms with van der Waals surface area (Å²) in [6, 6.07) is -0.685. The van der Waals surface area contributed by atoms with Crippen molar-refractivity contribution in [3.63, 3.8) is 0 Å². The molecule has 27 heavy (non-hydrogen) atoms. The second-order valence-corrected chi connectivity index (χ2v) is 8.89. The van der Waals surface area contributed by atoms with Crippen LogP contribution in [0.1, 0.15) is 70.9 Å². The maximum Gasteiger partial charge on any atom is 0.320 e. The maximum atomic E-state index is 12.2. The van der Waals surface area contributed by atoms with E-state index in [-0.39, 0.29) is 11.7 Å². The summed E-state index contributed by atoms with van der Waals surface area (Å²) in [6.07, 6.45) is 13.0. The average Bonchev–Trinajstić information content (AvgIpc) is 3.03. The predicted molar refractivity (Wildman–Crippen MR) is 103 cm³/mol. The van der Waals surface area contributed by atoms with Crippen molar-refractivity contribution in [2.24, 2.45) is 11.8 Å². The molecule has 0 aliphatic heterocycles. The summed E-state index contributed by atoms with van der Waals surface area (Å²) in [5.41, 5.74) is 0.304. The summed E-state index contributed by atoms with van der Waals surface area (Å²) in [4.78, 5) is 28.1. The maximum absolute atomic E-state index is 12.2. The molecule has 6 heteroatoms. The number of carboxylic acids is 1. The van der Waals surface area contributed by atoms with Gasteiger partial charge in [0.1, 0.15) is 6.04 Å². The molecule has 2 unspecified atom stereocenters. The highest BCUT2D eigenvalue weighted by Crippen LogP contribution is 2.36. The van der Waals surface area contributed by atoms with E-state index in [1.807, 2.05) is 26.4 Å². The summed E-state index contributed by atoms with van der Waals surface area (Å²) in [5, 5.41) is 12.7. The van der Waals surface area contributed by atoms with Crippen molar-refractivity contribution >= 4 is 11.8 Å². The Kier molecular flexibility index (Phi) is 6.35. The SMILES string of the molecule is CC(C)CC(NC1(Cc2cncn2CCC2CCCCC2)CC1=O)C(=O)O. The van der Waals surface area contributed by atoms with Gasteiger partial charge < -0.3 is 9.67 Å². The zero-order valence-corrected chi connectivity index (χ0v) is 16.6. The number of hydrogen-bond acceptors (Lipinski definition) is 4. The zero-order valence-electron chi connectivity index (χ0n) is 16.6. The van der Waals surface area contributed by atoms with Crippen LogP contribution < -0.4 is 5.32 Å². The van der Waals surface area contributed by atoms with Gasteiger partial charge >= 0.3 is 5.97 Å². The van der Waals surface area contributed by atoms with Crippen LogP contribution in [0.3, 0.4) is 0 Å². The Morgan fingerprint density at radius 2 is 2.07 bits per heavy atom. The number of aromatic nitrogens is 2. The van der Waals surface area contributed by atoms with Crippen molar-refractivity contribution < 1.29 is 14.7 Å². The standard InChI is InChI=1S/C21H33N3O3/c1-15(2)10-18(20(26)27)23-21(12-19(21)25)11-17-13-22-14-24(17)9-8-16-6-4-3-5-7-16/h13-16,18,23H,3-12H2,1-2H3,(H,26,27). The summed E-state index contributed by atoms with van der Waals surface area (Å²) in [7, 11) is 0. The number of hydrogen-bond donors (Lipinski definition) is 2. The van der Waals surface area contributed by atoms with Gasteiger partial charge in [-0.2, -0.15) is 0 Å². The molecule has 150 valence electrons. The minimum absolute atomic E-state index is 0.109. The van der Waals surface area contributed by atoms with E-state index < -0.39 is 17.6 Å². The lowest BCUT2D eigenvalue weighted by molar-refractivity contribution is -0.140. The number of imidazole rings is 1. The Morgan fingerprint density at radius 3 is 2.67 bits per heavy atom. The van der Waals surface area contributed by atoms with Gasteiger partial charge in [0.15, 0.2) is 5.78 Å². The molecule has 3 rings (SSSR count). The lowest BCUT2D eigenvalue weighted by atomic mass is 9.87. The summed E-state index contributed by atoms with van der Waals surface area (Å²) in [6.45, 7) is 4.93. The minimum Gasteiger partial charge on any atom is -0.480 e. The Labute approximate surface area is 161 Å². The van der Waals surface area contributed by atoms with Crippen molar-refractivity contribution in [1.82, 2.24) is 14.9 Å². The number of carboxylic acid groups (broad SMARTS) is 1. The Bertz CT molecular complexity index is 663. The monoisotopic (exact) mass is 375 g/mol. The van der Waals surface area contributed by atoms with E-state index in [0.717, 1.165) is 24.6 Å². The van der Waals surface area contributed by atoms with Crippen LogP contribution in [0.5, 0.6) is 0 Å². The van der Waals surface area contributed by atoms with Crippen LogP contribution in [0.15, 0.2) is 12.5 Å². The van der Waals surface area contributed by atoms with Gasteiger partial charge in [0.2, 0.25) is 0 Å². The number of Topliss-reactive ketones (excluding diaryl/α,β-unsaturated/α-hetero) is 1. The summed E-state index contributed by atoms with van der Waals surface area (Å²) >= 11 is 0. The number of ketones is 1. The number of aryl methyl sites for hydroxylation is 1. The number of carbonyl (C=O) groups is 2. The number of nitrogens with one attached hydrogen (secondary N) is 1. The van der Waals surface area contributed by atoms with Gasteiger partial charge in [0.25, 0.3) is 0 Å². The number of nitrogens with zero attached hydrogens (tertiary/aromatic N) is 2. The molecule has 2 aliphatic rings. The van der Waals surface area contributed by atoms with Crippen LogP contribution in [0.25, 0.3) is 0 Å². The lowest BCUT2D eigenvalue weighted by Gasteiger charge is -2.24. The quantitative estimate of drug-likeness (QED) is 0.656. The Morgan fingerprint density at radius 1 is 1.37 bits per heavy atom. The molecule has 2 fully saturated rings. The van der Waals surface area contributed by atoms with Gasteiger partial charge in [-0.1, -0.05) is 46.0 Å². The molecule has 1 aromatic heterocycles. The van der Waals surface area contributed by atoms with Gasteiger partial charge in [0, 0.05) is 31.3 Å². The first-order chi connectivity index (χ1) is 12.9. The molecule has 6 nitrogen and oxygen atoms in total. The first-order valence-electron chi connectivity index (χ1n) is 10.4. The molecular formula is C21H33N3O3. The van der Waals surface area contributed by atoms with E-state index in [0.29, 0.717) is 19.3 Å². The third-order valence-electron chi connectivity index (χ3n) is 6.11. The zero-order chi connectivity index (χ0) is 19.4. The van der Waals surface area contributed by atoms with Crippen LogP contribution in [0.2, 0.25) is 0 Å². The highest BCUT2D eigenvalue weighted by atomic mass is 16.4. The fraction of sp³-hybridized carbons (Fsp3) is 0.762. The van der Waals surface area contributed by atoms with Gasteiger partial charge in [-0.3, -0.25) is 14.9 Å². The van der Waals surface area contributed by atoms with Crippen molar-refractivity contribution in [2.75, 3.05) is 0 Å². The topological polar surface area (TPSA) is 84.2 Å². The average molecular weight is 376 g/mol. The molecular weight excluding hydrogens is 342 g/mol. The molecule has 0 spiro atoms. The highest BCUT2D eigenvalue weighted by Gasteiger charge is 2.55. The van der Waals surface area contributed by atoms with Gasteiger partial charge in [-0.25, -0.2) is 4.98 Å². The summed E-state index contributed by atoms with van der Waals surface area (Å²) < 4.78 is 2.15. The molecule has 0 radical (unpaired) electrons. The van der Waals surface area contributed by atoms with Crippen molar-refractivity contribution in [3.8, 4) is 0 Å². The number of aliphatic carboxylic acids is 1. The predicted octanol–water partition coefficient (Wildman–Crippen LogP) is 3.20. The Balaban J connectivity index is 1.62. The molecule has 1 aromatic rings. The molecule has 2 saturated carbocycles. The van der Waals surface area contributed by atoms with E-state index in [4.69, 9.17) is 0 Å². The molecule has 1 heterocycles. The molecule has 2 atom stereocenters. The fourth-order valence-electron chi connectivity index (χ4n) is 4.40. The second-order valence-electron chi connectivity index (χ2n) is 8.89. The third kappa shape index (κ3) is 5.18. The van der Waals surface area contributed by atoms with Gasteiger partial charge in [0.05, 0.1) is 11.9 Å². The van der Waals surface area contributed by atoms with E-state index in [2.05, 4.69) is 14.9 Å². The third-order valence-corrected chi connectivity index (χ3v) is 6.11. The van der Waals surface area contributed by atoms with Crippen LogP contribution in [-0.2, 0) is 22.6 Å². The Hall–Kier alpha value is -1.69. The van der Waals surface area contributed by atoms with Crippen LogP contribution in [0, 0.1) is 11.8 Å². The molecule has 2 N–H and O–H groups in total. The molecule has 0 aromatic carbocycles. The van der Waals surface area contributed by atoms with Crippen molar-refractivity contribution in [2.45, 2.75) is 89.8 Å².